The molecule has 0 aromatic heterocycles. The highest BCUT2D eigenvalue weighted by Gasteiger charge is 2.21. The highest BCUT2D eigenvalue weighted by Crippen LogP contribution is 2.08. The Morgan fingerprint density at radius 3 is 1.45 bits per heavy atom. The van der Waals surface area contributed by atoms with Crippen LogP contribution in [0.3, 0.4) is 0 Å². The lowest BCUT2D eigenvalue weighted by atomic mass is 10.2. The smallest absolute Gasteiger partial charge is 0.246 e. The van der Waals surface area contributed by atoms with E-state index < -0.39 is 0 Å². The normalized spacial score (nSPS) is 10.8. The highest BCUT2D eigenvalue weighted by molar-refractivity contribution is 5.77. The van der Waals surface area contributed by atoms with E-state index in [0.29, 0.717) is 0 Å². The lowest BCUT2D eigenvalue weighted by Crippen LogP contribution is -2.40. The number of nitrogens with zero attached hydrogens (tertiary/aromatic N) is 2. The summed E-state index contributed by atoms with van der Waals surface area (Å²) in [6, 6.07) is 0. The van der Waals surface area contributed by atoms with Gasteiger partial charge in [-0.05, 0) is 32.1 Å². The molecule has 0 amide bonds. The zero-order chi connectivity index (χ0) is 16.6. The van der Waals surface area contributed by atoms with E-state index in [1.807, 2.05) is 0 Å². The second kappa shape index (κ2) is 15.4. The molecule has 2 heteroatoms. The Labute approximate surface area is 141 Å². The van der Waals surface area contributed by atoms with E-state index in [9.17, 15) is 0 Å². The van der Waals surface area contributed by atoms with Crippen molar-refractivity contribution in [3.05, 3.63) is 0 Å². The van der Waals surface area contributed by atoms with Gasteiger partial charge in [-0.15, -0.1) is 0 Å². The summed E-state index contributed by atoms with van der Waals surface area (Å²) in [7, 11) is 0. The van der Waals surface area contributed by atoms with E-state index in [4.69, 9.17) is 0 Å². The maximum Gasteiger partial charge on any atom is 0.246 e. The first-order chi connectivity index (χ1) is 10.7. The fourth-order valence-corrected chi connectivity index (χ4v) is 2.88. The van der Waals surface area contributed by atoms with Gasteiger partial charge in [0.1, 0.15) is 0 Å². The number of rotatable bonds is 14. The van der Waals surface area contributed by atoms with Gasteiger partial charge in [-0.1, -0.05) is 60.3 Å². The Kier molecular flexibility index (Phi) is 15.0. The predicted molar refractivity (Wildman–Crippen MR) is 101 cm³/mol. The number of hydrogen-bond acceptors (Lipinski definition) is 0. The van der Waals surface area contributed by atoms with Gasteiger partial charge in [0.15, 0.2) is 0 Å². The van der Waals surface area contributed by atoms with Crippen molar-refractivity contribution >= 4 is 5.84 Å². The van der Waals surface area contributed by atoms with Crippen LogP contribution in [0.4, 0.5) is 0 Å². The van der Waals surface area contributed by atoms with Crippen LogP contribution in [0.25, 0.3) is 0 Å². The zero-order valence-electron chi connectivity index (χ0n) is 16.3. The Hall–Kier alpha value is -0.530. The van der Waals surface area contributed by atoms with Gasteiger partial charge in [-0.3, -0.25) is 9.48 Å². The molecule has 0 aliphatic heterocycles. The van der Waals surface area contributed by atoms with E-state index in [2.05, 4.69) is 44.1 Å². The maximum absolute atomic E-state index is 2.72. The Balaban J connectivity index is 5.20. The van der Waals surface area contributed by atoms with Crippen molar-refractivity contribution in [3.63, 3.8) is 0 Å². The summed E-state index contributed by atoms with van der Waals surface area (Å²) in [5.74, 6) is 1.64. The van der Waals surface area contributed by atoms with Crippen LogP contribution in [0.5, 0.6) is 0 Å². The van der Waals surface area contributed by atoms with E-state index in [1.165, 1.54) is 90.4 Å². The Morgan fingerprint density at radius 1 is 0.636 bits per heavy atom. The van der Waals surface area contributed by atoms with Crippen LogP contribution < -0.4 is 0 Å². The summed E-state index contributed by atoms with van der Waals surface area (Å²) in [5.41, 5.74) is 0. The molecule has 22 heavy (non-hydrogen) atoms. The first-order valence-electron chi connectivity index (χ1n) is 10.1. The molecule has 0 rings (SSSR count). The first kappa shape index (κ1) is 21.5. The third kappa shape index (κ3) is 9.48. The zero-order valence-corrected chi connectivity index (χ0v) is 16.3. The molecule has 0 atom stereocenters. The standard InChI is InChI=1S/C20H43N2/c1-6-11-16-21(17-12-7-2)20(15-10-5)22(18-13-8-3)19-14-9-4/h6-19H2,1-5H3/q+1. The Morgan fingerprint density at radius 2 is 1.09 bits per heavy atom. The molecule has 0 N–H and O–H groups in total. The Bertz CT molecular complexity index is 253. The van der Waals surface area contributed by atoms with E-state index in [-0.39, 0.29) is 0 Å². The number of amidine groups is 1. The third-order valence-electron chi connectivity index (χ3n) is 4.33. The van der Waals surface area contributed by atoms with E-state index in [1.54, 1.807) is 5.84 Å². The molecule has 0 unspecified atom stereocenters. The molecule has 0 radical (unpaired) electrons. The topological polar surface area (TPSA) is 6.25 Å². The van der Waals surface area contributed by atoms with Crippen molar-refractivity contribution in [2.45, 2.75) is 98.8 Å². The summed E-state index contributed by atoms with van der Waals surface area (Å²) < 4.78 is 2.72. The third-order valence-corrected chi connectivity index (χ3v) is 4.33. The SMILES string of the molecule is CCCCN(CCCC)C(CCC)=[N+](CCCC)CCCC. The summed E-state index contributed by atoms with van der Waals surface area (Å²) in [4.78, 5) is 2.72. The molecule has 0 bridgehead atoms. The van der Waals surface area contributed by atoms with Crippen molar-refractivity contribution < 1.29 is 4.58 Å². The predicted octanol–water partition coefficient (Wildman–Crippen LogP) is 5.70. The van der Waals surface area contributed by atoms with Gasteiger partial charge in [-0.2, -0.15) is 0 Å². The highest BCUT2D eigenvalue weighted by atomic mass is 15.2. The molecule has 0 spiro atoms. The van der Waals surface area contributed by atoms with Gasteiger partial charge in [-0.25, -0.2) is 0 Å². The molecule has 2 nitrogen and oxygen atoms in total. The quantitative estimate of drug-likeness (QED) is 0.226. The first-order valence-corrected chi connectivity index (χ1v) is 10.1. The molecule has 132 valence electrons. The molecule has 0 fully saturated rings. The van der Waals surface area contributed by atoms with Gasteiger partial charge in [0.25, 0.3) is 0 Å². The van der Waals surface area contributed by atoms with Crippen LogP contribution in [0.2, 0.25) is 0 Å². The molecule has 0 aromatic rings. The van der Waals surface area contributed by atoms with Gasteiger partial charge in [0, 0.05) is 6.42 Å². The molecular weight excluding hydrogens is 268 g/mol. The van der Waals surface area contributed by atoms with Gasteiger partial charge in [0.05, 0.1) is 26.2 Å². The largest absolute Gasteiger partial charge is 0.266 e. The molecule has 0 saturated carbocycles. The minimum absolute atomic E-state index is 1.25. The molecule has 0 aliphatic carbocycles. The fourth-order valence-electron chi connectivity index (χ4n) is 2.88. The molecule has 0 saturated heterocycles. The van der Waals surface area contributed by atoms with Crippen molar-refractivity contribution in [1.82, 2.24) is 4.90 Å². The lowest BCUT2D eigenvalue weighted by molar-refractivity contribution is -0.535. The van der Waals surface area contributed by atoms with Crippen molar-refractivity contribution in [3.8, 4) is 0 Å². The van der Waals surface area contributed by atoms with Gasteiger partial charge in [0.2, 0.25) is 5.84 Å². The monoisotopic (exact) mass is 311 g/mol. The maximum atomic E-state index is 2.72. The second-order valence-electron chi connectivity index (χ2n) is 6.55. The average Bonchev–Trinajstić information content (AvgIpc) is 2.54. The van der Waals surface area contributed by atoms with Gasteiger partial charge >= 0.3 is 0 Å². The lowest BCUT2D eigenvalue weighted by Gasteiger charge is -2.23. The number of unbranched alkanes of at least 4 members (excludes halogenated alkanes) is 4. The summed E-state index contributed by atoms with van der Waals surface area (Å²) >= 11 is 0. The van der Waals surface area contributed by atoms with E-state index in [0.717, 1.165) is 0 Å². The summed E-state index contributed by atoms with van der Waals surface area (Å²) in [6.45, 7) is 16.6. The molecule has 0 heterocycles. The van der Waals surface area contributed by atoms with Crippen molar-refractivity contribution in [1.29, 1.82) is 0 Å². The minimum Gasteiger partial charge on any atom is -0.266 e. The summed E-state index contributed by atoms with van der Waals surface area (Å²) in [5, 5.41) is 0. The minimum atomic E-state index is 1.25. The van der Waals surface area contributed by atoms with Crippen LogP contribution in [-0.4, -0.2) is 41.5 Å². The van der Waals surface area contributed by atoms with Crippen LogP contribution in [-0.2, 0) is 0 Å². The summed E-state index contributed by atoms with van der Waals surface area (Å²) in [6.07, 6.45) is 13.0. The fraction of sp³-hybridized carbons (Fsp3) is 0.950. The van der Waals surface area contributed by atoms with Crippen LogP contribution >= 0.6 is 0 Å². The number of hydrogen-bond donors (Lipinski definition) is 0. The van der Waals surface area contributed by atoms with Gasteiger partial charge < -0.3 is 0 Å². The van der Waals surface area contributed by atoms with Crippen molar-refractivity contribution in [2.75, 3.05) is 26.2 Å². The second-order valence-corrected chi connectivity index (χ2v) is 6.55. The average molecular weight is 312 g/mol. The van der Waals surface area contributed by atoms with Crippen LogP contribution in [0, 0.1) is 0 Å². The van der Waals surface area contributed by atoms with E-state index >= 15 is 0 Å². The molecule has 0 aliphatic rings. The van der Waals surface area contributed by atoms with Crippen LogP contribution in [0.1, 0.15) is 98.8 Å². The van der Waals surface area contributed by atoms with Crippen molar-refractivity contribution in [2.24, 2.45) is 0 Å². The molecule has 0 aromatic carbocycles. The van der Waals surface area contributed by atoms with Crippen LogP contribution in [0.15, 0.2) is 0 Å². The molecular formula is C20H43N2+.